The number of aromatic nitrogens is 1. The fraction of sp³-hybridized carbons (Fsp3) is 0.217. The van der Waals surface area contributed by atoms with Crippen LogP contribution < -0.4 is 10.2 Å². The van der Waals surface area contributed by atoms with Crippen molar-refractivity contribution < 1.29 is 4.79 Å². The van der Waals surface area contributed by atoms with E-state index in [1.165, 1.54) is 5.56 Å². The SMILES string of the molecule is Cc1ccc(NC(=O)c2cncc(N(Cc3ccccc3)C(C)C)c2)cc1. The number of anilines is 2. The normalized spacial score (nSPS) is 10.7. The number of aryl methyl sites for hydroxylation is 1. The van der Waals surface area contributed by atoms with Crippen molar-refractivity contribution >= 4 is 17.3 Å². The fourth-order valence-electron chi connectivity index (χ4n) is 2.90. The summed E-state index contributed by atoms with van der Waals surface area (Å²) in [5, 5.41) is 2.93. The van der Waals surface area contributed by atoms with Crippen LogP contribution in [0.3, 0.4) is 0 Å². The summed E-state index contributed by atoms with van der Waals surface area (Å²) in [6.45, 7) is 7.07. The molecule has 138 valence electrons. The van der Waals surface area contributed by atoms with Crippen molar-refractivity contribution in [2.75, 3.05) is 10.2 Å². The third-order valence-electron chi connectivity index (χ3n) is 4.45. The zero-order valence-electron chi connectivity index (χ0n) is 16.0. The number of carbonyl (C=O) groups is 1. The van der Waals surface area contributed by atoms with E-state index in [4.69, 9.17) is 0 Å². The first-order valence-corrected chi connectivity index (χ1v) is 9.16. The maximum Gasteiger partial charge on any atom is 0.257 e. The number of nitrogens with zero attached hydrogens (tertiary/aromatic N) is 2. The lowest BCUT2D eigenvalue weighted by Gasteiger charge is -2.29. The lowest BCUT2D eigenvalue weighted by Crippen LogP contribution is -2.30. The van der Waals surface area contributed by atoms with Gasteiger partial charge < -0.3 is 10.2 Å². The van der Waals surface area contributed by atoms with Crippen molar-refractivity contribution in [2.24, 2.45) is 0 Å². The van der Waals surface area contributed by atoms with Crippen LogP contribution in [0.15, 0.2) is 73.1 Å². The maximum atomic E-state index is 12.6. The van der Waals surface area contributed by atoms with E-state index in [0.717, 1.165) is 23.5 Å². The van der Waals surface area contributed by atoms with Gasteiger partial charge in [0.1, 0.15) is 0 Å². The molecule has 0 radical (unpaired) electrons. The van der Waals surface area contributed by atoms with Gasteiger partial charge in [-0.05, 0) is 44.5 Å². The van der Waals surface area contributed by atoms with E-state index < -0.39 is 0 Å². The van der Waals surface area contributed by atoms with Crippen molar-refractivity contribution in [3.63, 3.8) is 0 Å². The molecule has 0 saturated heterocycles. The lowest BCUT2D eigenvalue weighted by molar-refractivity contribution is 0.102. The highest BCUT2D eigenvalue weighted by Gasteiger charge is 2.14. The molecule has 27 heavy (non-hydrogen) atoms. The first-order valence-electron chi connectivity index (χ1n) is 9.16. The summed E-state index contributed by atoms with van der Waals surface area (Å²) in [5.74, 6) is -0.156. The highest BCUT2D eigenvalue weighted by Crippen LogP contribution is 2.21. The Balaban J connectivity index is 1.80. The second-order valence-corrected chi connectivity index (χ2v) is 6.96. The predicted octanol–water partition coefficient (Wildman–Crippen LogP) is 5.06. The van der Waals surface area contributed by atoms with Crippen molar-refractivity contribution in [1.29, 1.82) is 0 Å². The Morgan fingerprint density at radius 2 is 1.74 bits per heavy atom. The van der Waals surface area contributed by atoms with Gasteiger partial charge in [0.05, 0.1) is 17.4 Å². The molecule has 2 aromatic carbocycles. The highest BCUT2D eigenvalue weighted by atomic mass is 16.1. The minimum Gasteiger partial charge on any atom is -0.364 e. The smallest absolute Gasteiger partial charge is 0.257 e. The summed E-state index contributed by atoms with van der Waals surface area (Å²) in [6, 6.07) is 20.3. The molecule has 0 aliphatic rings. The summed E-state index contributed by atoms with van der Waals surface area (Å²) in [4.78, 5) is 19.2. The molecule has 0 unspecified atom stereocenters. The maximum absolute atomic E-state index is 12.6. The monoisotopic (exact) mass is 359 g/mol. The summed E-state index contributed by atoms with van der Waals surface area (Å²) >= 11 is 0. The van der Waals surface area contributed by atoms with Crippen LogP contribution in [0.5, 0.6) is 0 Å². The quantitative estimate of drug-likeness (QED) is 0.669. The van der Waals surface area contributed by atoms with Crippen LogP contribution in [-0.4, -0.2) is 16.9 Å². The largest absolute Gasteiger partial charge is 0.364 e. The molecule has 1 heterocycles. The molecule has 3 rings (SSSR count). The molecule has 0 bridgehead atoms. The predicted molar refractivity (Wildman–Crippen MR) is 111 cm³/mol. The molecule has 0 aliphatic carbocycles. The van der Waals surface area contributed by atoms with Crippen LogP contribution in [0.1, 0.15) is 35.3 Å². The van der Waals surface area contributed by atoms with Crippen molar-refractivity contribution in [3.05, 3.63) is 89.7 Å². The van der Waals surface area contributed by atoms with Crippen LogP contribution in [-0.2, 0) is 6.54 Å². The van der Waals surface area contributed by atoms with E-state index >= 15 is 0 Å². The molecular formula is C23H25N3O. The van der Waals surface area contributed by atoms with Gasteiger partial charge in [0.25, 0.3) is 5.91 Å². The van der Waals surface area contributed by atoms with Gasteiger partial charge in [-0.1, -0.05) is 48.0 Å². The van der Waals surface area contributed by atoms with E-state index in [2.05, 4.69) is 41.2 Å². The summed E-state index contributed by atoms with van der Waals surface area (Å²) < 4.78 is 0. The molecule has 3 aromatic rings. The Morgan fingerprint density at radius 1 is 1.04 bits per heavy atom. The fourth-order valence-corrected chi connectivity index (χ4v) is 2.90. The molecule has 0 saturated carbocycles. The second-order valence-electron chi connectivity index (χ2n) is 6.96. The van der Waals surface area contributed by atoms with E-state index in [1.807, 2.05) is 61.7 Å². The average molecular weight is 359 g/mol. The molecule has 1 aromatic heterocycles. The zero-order valence-corrected chi connectivity index (χ0v) is 16.0. The van der Waals surface area contributed by atoms with Gasteiger partial charge in [-0.2, -0.15) is 0 Å². The number of benzene rings is 2. The minimum atomic E-state index is -0.156. The molecule has 4 nitrogen and oxygen atoms in total. The van der Waals surface area contributed by atoms with Gasteiger partial charge in [0, 0.05) is 24.5 Å². The standard InChI is InChI=1S/C23H25N3O/c1-17(2)26(16-19-7-5-4-6-8-19)22-13-20(14-24-15-22)23(27)25-21-11-9-18(3)10-12-21/h4-15,17H,16H2,1-3H3,(H,25,27). The molecular weight excluding hydrogens is 334 g/mol. The molecule has 4 heteroatoms. The molecule has 0 atom stereocenters. The summed E-state index contributed by atoms with van der Waals surface area (Å²) in [5.41, 5.74) is 4.64. The Hall–Kier alpha value is -3.14. The summed E-state index contributed by atoms with van der Waals surface area (Å²) in [7, 11) is 0. The topological polar surface area (TPSA) is 45.2 Å². The molecule has 0 fully saturated rings. The second kappa shape index (κ2) is 8.49. The van der Waals surface area contributed by atoms with Crippen molar-refractivity contribution in [3.8, 4) is 0 Å². The van der Waals surface area contributed by atoms with Crippen LogP contribution in [0.2, 0.25) is 0 Å². The van der Waals surface area contributed by atoms with Crippen LogP contribution in [0.25, 0.3) is 0 Å². The first kappa shape index (κ1) is 18.6. The molecule has 1 N–H and O–H groups in total. The van der Waals surface area contributed by atoms with Crippen molar-refractivity contribution in [2.45, 2.75) is 33.4 Å². The average Bonchev–Trinajstić information content (AvgIpc) is 2.68. The Kier molecular flexibility index (Phi) is 5.87. The van der Waals surface area contributed by atoms with Crippen LogP contribution in [0.4, 0.5) is 11.4 Å². The van der Waals surface area contributed by atoms with Gasteiger partial charge in [-0.3, -0.25) is 9.78 Å². The van der Waals surface area contributed by atoms with E-state index in [0.29, 0.717) is 5.56 Å². The number of pyridine rings is 1. The number of amides is 1. The van der Waals surface area contributed by atoms with E-state index in [9.17, 15) is 4.79 Å². The number of hydrogen-bond acceptors (Lipinski definition) is 3. The molecule has 0 spiro atoms. The summed E-state index contributed by atoms with van der Waals surface area (Å²) in [6.07, 6.45) is 3.42. The van der Waals surface area contributed by atoms with Gasteiger partial charge >= 0.3 is 0 Å². The number of nitrogens with one attached hydrogen (secondary N) is 1. The Bertz CT molecular complexity index is 889. The third kappa shape index (κ3) is 4.94. The number of hydrogen-bond donors (Lipinski definition) is 1. The lowest BCUT2D eigenvalue weighted by atomic mass is 10.1. The van der Waals surface area contributed by atoms with Gasteiger partial charge in [0.2, 0.25) is 0 Å². The first-order chi connectivity index (χ1) is 13.0. The van der Waals surface area contributed by atoms with Crippen LogP contribution >= 0.6 is 0 Å². The van der Waals surface area contributed by atoms with Gasteiger partial charge in [0.15, 0.2) is 0 Å². The van der Waals surface area contributed by atoms with Crippen molar-refractivity contribution in [1.82, 2.24) is 4.98 Å². The number of rotatable bonds is 6. The van der Waals surface area contributed by atoms with Gasteiger partial charge in [-0.15, -0.1) is 0 Å². The third-order valence-corrected chi connectivity index (χ3v) is 4.45. The Labute approximate surface area is 160 Å². The van der Waals surface area contributed by atoms with Crippen LogP contribution in [0, 0.1) is 6.92 Å². The minimum absolute atomic E-state index is 0.156. The molecule has 0 aliphatic heterocycles. The highest BCUT2D eigenvalue weighted by molar-refractivity contribution is 6.04. The van der Waals surface area contributed by atoms with Gasteiger partial charge in [-0.25, -0.2) is 0 Å². The Morgan fingerprint density at radius 3 is 2.41 bits per heavy atom. The number of carbonyl (C=O) groups excluding carboxylic acids is 1. The van der Waals surface area contributed by atoms with E-state index in [1.54, 1.807) is 6.20 Å². The van der Waals surface area contributed by atoms with E-state index in [-0.39, 0.29) is 11.9 Å². The molecule has 1 amide bonds. The zero-order chi connectivity index (χ0) is 19.2.